The molecule has 17 heavy (non-hydrogen) atoms. The number of nitrogens with one attached hydrogen (secondary N) is 1. The molecular weight excluding hydrogens is 256 g/mol. The molecule has 2 rings (SSSR count). The Hall–Kier alpha value is -1.24. The zero-order valence-electron chi connectivity index (χ0n) is 9.05. The van der Waals surface area contributed by atoms with Crippen molar-refractivity contribution in [2.75, 3.05) is 13.2 Å². The van der Waals surface area contributed by atoms with Crippen molar-refractivity contribution >= 4 is 28.6 Å². The zero-order chi connectivity index (χ0) is 12.1. The molecule has 0 aromatic carbocycles. The van der Waals surface area contributed by atoms with E-state index in [0.29, 0.717) is 6.54 Å². The predicted molar refractivity (Wildman–Crippen MR) is 69.2 cm³/mol. The van der Waals surface area contributed by atoms with Gasteiger partial charge in [0.15, 0.2) is 0 Å². The third-order valence-electron chi connectivity index (χ3n) is 2.06. The molecule has 6 heteroatoms. The van der Waals surface area contributed by atoms with Gasteiger partial charge in [0.1, 0.15) is 5.01 Å². The van der Waals surface area contributed by atoms with Crippen LogP contribution in [0.15, 0.2) is 22.9 Å². The molecule has 0 aliphatic carbocycles. The average molecular weight is 268 g/mol. The van der Waals surface area contributed by atoms with Crippen LogP contribution in [0.3, 0.4) is 0 Å². The molecule has 2 heterocycles. The molecule has 0 fully saturated rings. The fraction of sp³-hybridized carbons (Fsp3) is 0.273. The molecule has 2 aromatic heterocycles. The van der Waals surface area contributed by atoms with E-state index in [1.54, 1.807) is 22.7 Å². The Morgan fingerprint density at radius 3 is 3.06 bits per heavy atom. The molecule has 0 spiro atoms. The Morgan fingerprint density at radius 2 is 2.35 bits per heavy atom. The average Bonchev–Trinajstić information content (AvgIpc) is 2.95. The molecule has 0 aliphatic rings. The number of aliphatic hydroxyl groups is 1. The van der Waals surface area contributed by atoms with Crippen LogP contribution in [0.2, 0.25) is 0 Å². The fourth-order valence-electron chi connectivity index (χ4n) is 1.32. The number of hydrogen-bond acceptors (Lipinski definition) is 5. The summed E-state index contributed by atoms with van der Waals surface area (Å²) in [6, 6.07) is 3.99. The first-order valence-corrected chi connectivity index (χ1v) is 6.91. The van der Waals surface area contributed by atoms with Gasteiger partial charge in [-0.05, 0) is 11.4 Å². The lowest BCUT2D eigenvalue weighted by molar-refractivity contribution is -0.120. The van der Waals surface area contributed by atoms with E-state index in [-0.39, 0.29) is 18.9 Å². The molecule has 0 unspecified atom stereocenters. The summed E-state index contributed by atoms with van der Waals surface area (Å²) < 4.78 is 0. The largest absolute Gasteiger partial charge is 0.395 e. The van der Waals surface area contributed by atoms with E-state index in [9.17, 15) is 4.79 Å². The van der Waals surface area contributed by atoms with Crippen LogP contribution in [0.25, 0.3) is 9.88 Å². The van der Waals surface area contributed by atoms with Crippen molar-refractivity contribution in [2.45, 2.75) is 6.42 Å². The Bertz CT molecular complexity index is 479. The summed E-state index contributed by atoms with van der Waals surface area (Å²) in [4.78, 5) is 16.9. The van der Waals surface area contributed by atoms with Gasteiger partial charge < -0.3 is 10.4 Å². The number of thiazole rings is 1. The highest BCUT2D eigenvalue weighted by Gasteiger charge is 2.08. The maximum atomic E-state index is 11.4. The number of carbonyl (C=O) groups is 1. The predicted octanol–water partition coefficient (Wildman–Crippen LogP) is 1.52. The minimum Gasteiger partial charge on any atom is -0.395 e. The minimum atomic E-state index is -0.109. The number of amides is 1. The van der Waals surface area contributed by atoms with E-state index >= 15 is 0 Å². The van der Waals surface area contributed by atoms with Gasteiger partial charge >= 0.3 is 0 Å². The summed E-state index contributed by atoms with van der Waals surface area (Å²) in [5.41, 5.74) is 0.772. The summed E-state index contributed by atoms with van der Waals surface area (Å²) in [6.45, 7) is 0.254. The fourth-order valence-corrected chi connectivity index (χ4v) is 2.96. The number of carbonyl (C=O) groups excluding carboxylic acids is 1. The van der Waals surface area contributed by atoms with Crippen LogP contribution in [0.1, 0.15) is 5.69 Å². The molecule has 4 nitrogen and oxygen atoms in total. The highest BCUT2D eigenvalue weighted by molar-refractivity contribution is 7.20. The van der Waals surface area contributed by atoms with Gasteiger partial charge in [0, 0.05) is 11.9 Å². The van der Waals surface area contributed by atoms with Gasteiger partial charge in [-0.2, -0.15) is 0 Å². The maximum absolute atomic E-state index is 11.4. The molecule has 0 bridgehead atoms. The van der Waals surface area contributed by atoms with E-state index in [1.165, 1.54) is 0 Å². The van der Waals surface area contributed by atoms with Gasteiger partial charge in [0.2, 0.25) is 5.91 Å². The molecule has 0 aliphatic heterocycles. The van der Waals surface area contributed by atoms with Crippen molar-refractivity contribution in [1.82, 2.24) is 10.3 Å². The highest BCUT2D eigenvalue weighted by atomic mass is 32.1. The molecule has 2 N–H and O–H groups in total. The van der Waals surface area contributed by atoms with Crippen LogP contribution >= 0.6 is 22.7 Å². The van der Waals surface area contributed by atoms with Crippen LogP contribution in [0.4, 0.5) is 0 Å². The van der Waals surface area contributed by atoms with Gasteiger partial charge in [0.25, 0.3) is 0 Å². The van der Waals surface area contributed by atoms with E-state index in [4.69, 9.17) is 5.11 Å². The molecule has 0 atom stereocenters. The Kier molecular flexibility index (Phi) is 4.24. The van der Waals surface area contributed by atoms with Crippen LogP contribution in [0, 0.1) is 0 Å². The van der Waals surface area contributed by atoms with E-state index in [1.807, 2.05) is 22.9 Å². The summed E-state index contributed by atoms with van der Waals surface area (Å²) in [7, 11) is 0. The highest BCUT2D eigenvalue weighted by Crippen LogP contribution is 2.27. The minimum absolute atomic E-state index is 0.0384. The second kappa shape index (κ2) is 5.90. The normalized spacial score (nSPS) is 10.4. The summed E-state index contributed by atoms with van der Waals surface area (Å²) in [6.07, 6.45) is 0.266. The van der Waals surface area contributed by atoms with Crippen LogP contribution in [-0.2, 0) is 11.2 Å². The monoisotopic (exact) mass is 268 g/mol. The molecular formula is C11H12N2O2S2. The Labute approximate surface area is 107 Å². The van der Waals surface area contributed by atoms with E-state index in [0.717, 1.165) is 15.6 Å². The number of rotatable bonds is 5. The number of thiophene rings is 1. The molecule has 0 saturated carbocycles. The van der Waals surface area contributed by atoms with Crippen molar-refractivity contribution in [3.8, 4) is 9.88 Å². The molecule has 1 amide bonds. The third kappa shape index (κ3) is 3.36. The van der Waals surface area contributed by atoms with Crippen LogP contribution in [-0.4, -0.2) is 29.1 Å². The van der Waals surface area contributed by atoms with Gasteiger partial charge in [-0.3, -0.25) is 4.79 Å². The van der Waals surface area contributed by atoms with Gasteiger partial charge in [-0.15, -0.1) is 22.7 Å². The lowest BCUT2D eigenvalue weighted by Crippen LogP contribution is -2.27. The first kappa shape index (κ1) is 12.2. The number of nitrogens with zero attached hydrogens (tertiary/aromatic N) is 1. The van der Waals surface area contributed by atoms with Gasteiger partial charge in [-0.1, -0.05) is 6.07 Å². The maximum Gasteiger partial charge on any atom is 0.226 e. The van der Waals surface area contributed by atoms with Crippen LogP contribution < -0.4 is 5.32 Å². The second-order valence-electron chi connectivity index (χ2n) is 3.37. The lowest BCUT2D eigenvalue weighted by atomic mass is 10.3. The van der Waals surface area contributed by atoms with E-state index in [2.05, 4.69) is 10.3 Å². The first-order chi connectivity index (χ1) is 8.29. The van der Waals surface area contributed by atoms with Gasteiger partial charge in [0.05, 0.1) is 23.6 Å². The third-order valence-corrected chi connectivity index (χ3v) is 3.99. The standard InChI is InChI=1S/C11H12N2O2S2/c14-4-3-12-10(15)6-8-7-17-11(13-8)9-2-1-5-16-9/h1-2,5,7,14H,3-4,6H2,(H,12,15). The quantitative estimate of drug-likeness (QED) is 0.864. The molecule has 2 aromatic rings. The zero-order valence-corrected chi connectivity index (χ0v) is 10.7. The van der Waals surface area contributed by atoms with Crippen molar-refractivity contribution < 1.29 is 9.90 Å². The summed E-state index contributed by atoms with van der Waals surface area (Å²) in [5, 5.41) is 16.0. The van der Waals surface area contributed by atoms with Crippen molar-refractivity contribution in [2.24, 2.45) is 0 Å². The SMILES string of the molecule is O=C(Cc1csc(-c2cccs2)n1)NCCO. The Morgan fingerprint density at radius 1 is 1.47 bits per heavy atom. The molecule has 0 radical (unpaired) electrons. The van der Waals surface area contributed by atoms with Crippen LogP contribution in [0.5, 0.6) is 0 Å². The molecule has 90 valence electrons. The molecule has 0 saturated heterocycles. The lowest BCUT2D eigenvalue weighted by Gasteiger charge is -1.99. The summed E-state index contributed by atoms with van der Waals surface area (Å²) >= 11 is 3.18. The smallest absolute Gasteiger partial charge is 0.226 e. The van der Waals surface area contributed by atoms with Crippen molar-refractivity contribution in [3.63, 3.8) is 0 Å². The van der Waals surface area contributed by atoms with E-state index < -0.39 is 0 Å². The van der Waals surface area contributed by atoms with Gasteiger partial charge in [-0.25, -0.2) is 4.98 Å². The van der Waals surface area contributed by atoms with Crippen molar-refractivity contribution in [1.29, 1.82) is 0 Å². The number of aromatic nitrogens is 1. The first-order valence-electron chi connectivity index (χ1n) is 5.15. The number of hydrogen-bond donors (Lipinski definition) is 2. The second-order valence-corrected chi connectivity index (χ2v) is 5.18. The number of aliphatic hydroxyl groups excluding tert-OH is 1. The summed E-state index contributed by atoms with van der Waals surface area (Å²) in [5.74, 6) is -0.109. The Balaban J connectivity index is 1.97. The topological polar surface area (TPSA) is 62.2 Å². The van der Waals surface area contributed by atoms with Crippen molar-refractivity contribution in [3.05, 3.63) is 28.6 Å².